The highest BCUT2D eigenvalue weighted by Gasteiger charge is 2.33. The minimum absolute atomic E-state index is 0.00127. The van der Waals surface area contributed by atoms with Crippen LogP contribution in [0.2, 0.25) is 0 Å². The fraction of sp³-hybridized carbons (Fsp3) is 0.421. The highest BCUT2D eigenvalue weighted by molar-refractivity contribution is 7.86. The van der Waals surface area contributed by atoms with Crippen molar-refractivity contribution in [3.05, 3.63) is 42.0 Å². The molecule has 1 aliphatic rings. The lowest BCUT2D eigenvalue weighted by Gasteiger charge is -2.32. The van der Waals surface area contributed by atoms with Crippen LogP contribution in [0.1, 0.15) is 23.2 Å². The van der Waals surface area contributed by atoms with Crippen LogP contribution in [-0.4, -0.2) is 57.1 Å². The Morgan fingerprint density at radius 3 is 2.54 bits per heavy atom. The first-order chi connectivity index (χ1) is 12.3. The second kappa shape index (κ2) is 7.34. The van der Waals surface area contributed by atoms with Gasteiger partial charge in [-0.05, 0) is 41.8 Å². The number of benzene rings is 2. The molecule has 0 spiro atoms. The molecule has 0 aromatic heterocycles. The van der Waals surface area contributed by atoms with Crippen LogP contribution in [-0.2, 0) is 10.2 Å². The van der Waals surface area contributed by atoms with Gasteiger partial charge in [-0.1, -0.05) is 18.2 Å². The molecule has 2 aromatic rings. The lowest BCUT2D eigenvalue weighted by atomic mass is 9.90. The van der Waals surface area contributed by atoms with Crippen LogP contribution in [0.15, 0.2) is 36.4 Å². The van der Waals surface area contributed by atoms with Gasteiger partial charge < -0.3 is 4.74 Å². The fourth-order valence-electron chi connectivity index (χ4n) is 3.34. The van der Waals surface area contributed by atoms with Gasteiger partial charge in [0.15, 0.2) is 5.78 Å². The van der Waals surface area contributed by atoms with Gasteiger partial charge in [-0.3, -0.25) is 4.79 Å². The van der Waals surface area contributed by atoms with E-state index in [-0.39, 0.29) is 18.2 Å². The summed E-state index contributed by atoms with van der Waals surface area (Å²) < 4.78 is 32.5. The van der Waals surface area contributed by atoms with E-state index < -0.39 is 10.2 Å². The van der Waals surface area contributed by atoms with Crippen molar-refractivity contribution in [3.8, 4) is 5.75 Å². The maximum Gasteiger partial charge on any atom is 0.281 e. The molecule has 1 atom stereocenters. The SMILES string of the molecule is COc1ccc2cc(C(=O)[C@H]3CCCN(S(=O)(=O)N(C)C)C3)ccc2c1. The average Bonchev–Trinajstić information content (AvgIpc) is 2.66. The molecule has 1 heterocycles. The van der Waals surface area contributed by atoms with Crippen molar-refractivity contribution in [2.75, 3.05) is 34.3 Å². The number of piperidine rings is 1. The van der Waals surface area contributed by atoms with Gasteiger partial charge in [0.2, 0.25) is 0 Å². The predicted molar refractivity (Wildman–Crippen MR) is 102 cm³/mol. The van der Waals surface area contributed by atoms with Crippen LogP contribution in [0.25, 0.3) is 10.8 Å². The van der Waals surface area contributed by atoms with Crippen LogP contribution in [0.3, 0.4) is 0 Å². The van der Waals surface area contributed by atoms with E-state index in [0.717, 1.165) is 16.5 Å². The van der Waals surface area contributed by atoms with Gasteiger partial charge in [0.25, 0.3) is 10.2 Å². The molecule has 7 heteroatoms. The Balaban J connectivity index is 1.83. The molecule has 1 fully saturated rings. The standard InChI is InChI=1S/C19H24N2O4S/c1-20(2)26(23,24)21-10-4-5-17(13-21)19(22)16-7-6-15-12-18(25-3)9-8-14(15)11-16/h6-9,11-12,17H,4-5,10,13H2,1-3H3/t17-/m0/s1. The average molecular weight is 376 g/mol. The monoisotopic (exact) mass is 376 g/mol. The molecule has 6 nitrogen and oxygen atoms in total. The molecule has 26 heavy (non-hydrogen) atoms. The number of carbonyl (C=O) groups excluding carboxylic acids is 1. The van der Waals surface area contributed by atoms with E-state index in [1.807, 2.05) is 36.4 Å². The van der Waals surface area contributed by atoms with Gasteiger partial charge in [-0.2, -0.15) is 17.0 Å². The Bertz CT molecular complexity index is 924. The minimum atomic E-state index is -3.49. The summed E-state index contributed by atoms with van der Waals surface area (Å²) >= 11 is 0. The number of carbonyl (C=O) groups is 1. The Labute approximate surface area is 154 Å². The highest BCUT2D eigenvalue weighted by Crippen LogP contribution is 2.26. The summed E-state index contributed by atoms with van der Waals surface area (Å²) in [6.45, 7) is 0.696. The second-order valence-electron chi connectivity index (χ2n) is 6.78. The molecule has 2 aromatic carbocycles. The molecule has 140 valence electrons. The number of ether oxygens (including phenoxy) is 1. The van der Waals surface area contributed by atoms with E-state index in [9.17, 15) is 13.2 Å². The van der Waals surface area contributed by atoms with E-state index in [4.69, 9.17) is 4.74 Å². The van der Waals surface area contributed by atoms with Crippen molar-refractivity contribution in [2.45, 2.75) is 12.8 Å². The summed E-state index contributed by atoms with van der Waals surface area (Å²) in [5.41, 5.74) is 0.622. The molecule has 0 aliphatic carbocycles. The molecule has 1 saturated heterocycles. The van der Waals surface area contributed by atoms with Gasteiger partial charge in [0.1, 0.15) is 5.75 Å². The van der Waals surface area contributed by atoms with E-state index in [0.29, 0.717) is 24.9 Å². The number of fused-ring (bicyclic) bond motifs is 1. The zero-order valence-corrected chi connectivity index (χ0v) is 16.1. The number of rotatable bonds is 5. The van der Waals surface area contributed by atoms with Crippen LogP contribution in [0.4, 0.5) is 0 Å². The molecule has 0 bridgehead atoms. The first kappa shape index (κ1) is 18.8. The molecular formula is C19H24N2O4S. The normalized spacial score (nSPS) is 19.0. The van der Waals surface area contributed by atoms with Crippen molar-refractivity contribution < 1.29 is 17.9 Å². The summed E-state index contributed by atoms with van der Waals surface area (Å²) in [6, 6.07) is 11.3. The quantitative estimate of drug-likeness (QED) is 0.752. The maximum absolute atomic E-state index is 12.9. The van der Waals surface area contributed by atoms with E-state index in [2.05, 4.69) is 0 Å². The zero-order valence-electron chi connectivity index (χ0n) is 15.3. The Morgan fingerprint density at radius 2 is 1.85 bits per heavy atom. The van der Waals surface area contributed by atoms with Crippen LogP contribution in [0.5, 0.6) is 5.75 Å². The molecule has 1 aliphatic heterocycles. The lowest BCUT2D eigenvalue weighted by Crippen LogP contribution is -2.46. The molecule has 0 unspecified atom stereocenters. The summed E-state index contributed by atoms with van der Waals surface area (Å²) in [7, 11) is 1.15. The van der Waals surface area contributed by atoms with Crippen molar-refractivity contribution in [3.63, 3.8) is 0 Å². The van der Waals surface area contributed by atoms with Gasteiger partial charge >= 0.3 is 0 Å². The van der Waals surface area contributed by atoms with Crippen molar-refractivity contribution in [2.24, 2.45) is 5.92 Å². The van der Waals surface area contributed by atoms with E-state index in [1.54, 1.807) is 7.11 Å². The second-order valence-corrected chi connectivity index (χ2v) is 8.92. The van der Waals surface area contributed by atoms with Crippen LogP contribution < -0.4 is 4.74 Å². The van der Waals surface area contributed by atoms with Crippen molar-refractivity contribution in [1.82, 2.24) is 8.61 Å². The Kier molecular flexibility index (Phi) is 5.32. The molecular weight excluding hydrogens is 352 g/mol. The Hall–Kier alpha value is -1.96. The number of hydrogen-bond acceptors (Lipinski definition) is 4. The van der Waals surface area contributed by atoms with Gasteiger partial charge in [0, 0.05) is 38.7 Å². The summed E-state index contributed by atoms with van der Waals surface area (Å²) in [5.74, 6) is 0.462. The molecule has 3 rings (SSSR count). The largest absolute Gasteiger partial charge is 0.497 e. The number of ketones is 1. The van der Waals surface area contributed by atoms with Crippen molar-refractivity contribution in [1.29, 1.82) is 0 Å². The molecule has 0 saturated carbocycles. The lowest BCUT2D eigenvalue weighted by molar-refractivity contribution is 0.0870. The molecule has 0 amide bonds. The molecule has 0 N–H and O–H groups in total. The minimum Gasteiger partial charge on any atom is -0.497 e. The third kappa shape index (κ3) is 3.60. The number of methoxy groups -OCH3 is 1. The fourth-order valence-corrected chi connectivity index (χ4v) is 4.53. The maximum atomic E-state index is 12.9. The first-order valence-electron chi connectivity index (χ1n) is 8.62. The van der Waals surface area contributed by atoms with Gasteiger partial charge in [-0.25, -0.2) is 0 Å². The third-order valence-corrected chi connectivity index (χ3v) is 6.78. The summed E-state index contributed by atoms with van der Waals surface area (Å²) in [5, 5.41) is 1.96. The smallest absolute Gasteiger partial charge is 0.281 e. The van der Waals surface area contributed by atoms with Crippen LogP contribution >= 0.6 is 0 Å². The van der Waals surface area contributed by atoms with Gasteiger partial charge in [-0.15, -0.1) is 0 Å². The third-order valence-electron chi connectivity index (χ3n) is 4.87. The van der Waals surface area contributed by atoms with Crippen LogP contribution in [0, 0.1) is 5.92 Å². The van der Waals surface area contributed by atoms with E-state index in [1.165, 1.54) is 22.7 Å². The first-order valence-corrected chi connectivity index (χ1v) is 10.0. The van der Waals surface area contributed by atoms with Crippen molar-refractivity contribution >= 4 is 26.8 Å². The zero-order chi connectivity index (χ0) is 18.9. The highest BCUT2D eigenvalue weighted by atomic mass is 32.2. The number of Topliss-reactive ketones (excluding diaryl/α,β-unsaturated/α-hetero) is 1. The summed E-state index contributed by atoms with van der Waals surface area (Å²) in [6.07, 6.45) is 1.40. The van der Waals surface area contributed by atoms with Gasteiger partial charge in [0.05, 0.1) is 7.11 Å². The topological polar surface area (TPSA) is 66.9 Å². The molecule has 0 radical (unpaired) electrons. The number of hydrogen-bond donors (Lipinski definition) is 0. The predicted octanol–water partition coefficient (Wildman–Crippen LogP) is 2.55. The summed E-state index contributed by atoms with van der Waals surface area (Å²) in [4.78, 5) is 12.9. The number of nitrogens with zero attached hydrogens (tertiary/aromatic N) is 2. The Morgan fingerprint density at radius 1 is 1.15 bits per heavy atom. The van der Waals surface area contributed by atoms with E-state index >= 15 is 0 Å².